The molecule has 1 fully saturated rings. The maximum absolute atomic E-state index is 14.9. The highest BCUT2D eigenvalue weighted by molar-refractivity contribution is 8.00. The summed E-state index contributed by atoms with van der Waals surface area (Å²) in [6, 6.07) is 16.5. The number of benzene rings is 2. The van der Waals surface area contributed by atoms with Crippen LogP contribution in [0.5, 0.6) is 11.6 Å². The molecule has 1 atom stereocenters. The molecule has 0 bridgehead atoms. The highest BCUT2D eigenvalue weighted by atomic mass is 32.2. The Kier molecular flexibility index (Phi) is 7.30. The molecule has 4 aromatic rings. The van der Waals surface area contributed by atoms with Crippen molar-refractivity contribution < 1.29 is 9.13 Å². The van der Waals surface area contributed by atoms with Gasteiger partial charge >= 0.3 is 0 Å². The zero-order valence-corrected chi connectivity index (χ0v) is 19.6. The number of hydrogen-bond donors (Lipinski definition) is 3. The first-order valence-electron chi connectivity index (χ1n) is 11.3. The van der Waals surface area contributed by atoms with Crippen LogP contribution < -0.4 is 20.1 Å². The van der Waals surface area contributed by atoms with E-state index in [-0.39, 0.29) is 17.7 Å². The molecule has 178 valence electrons. The minimum atomic E-state index is -0.511. The van der Waals surface area contributed by atoms with Crippen molar-refractivity contribution in [3.8, 4) is 22.9 Å². The van der Waals surface area contributed by atoms with Gasteiger partial charge in [0.05, 0.1) is 11.3 Å². The van der Waals surface area contributed by atoms with E-state index < -0.39 is 5.82 Å². The van der Waals surface area contributed by atoms with Gasteiger partial charge in [0.2, 0.25) is 11.8 Å². The van der Waals surface area contributed by atoms with Crippen molar-refractivity contribution in [2.45, 2.75) is 23.8 Å². The van der Waals surface area contributed by atoms with Gasteiger partial charge in [-0.05, 0) is 61.7 Å². The maximum atomic E-state index is 14.9. The topological polar surface area (TPSA) is 96.9 Å². The Morgan fingerprint density at radius 2 is 2.00 bits per heavy atom. The Labute approximate surface area is 206 Å². The number of anilines is 2. The average Bonchev–Trinajstić information content (AvgIpc) is 2.90. The maximum Gasteiger partial charge on any atom is 0.231 e. The number of nitrogens with one attached hydrogen (secondary N) is 3. The first-order valence-corrected chi connectivity index (χ1v) is 12.1. The Hall–Kier alpha value is -3.76. The van der Waals surface area contributed by atoms with E-state index in [2.05, 4.69) is 35.3 Å². The molecule has 8 nitrogen and oxygen atoms in total. The molecule has 35 heavy (non-hydrogen) atoms. The molecule has 1 aliphatic heterocycles. The first kappa shape index (κ1) is 23.0. The highest BCUT2D eigenvalue weighted by Crippen LogP contribution is 2.33. The third-order valence-electron chi connectivity index (χ3n) is 5.41. The van der Waals surface area contributed by atoms with Gasteiger partial charge in [-0.1, -0.05) is 18.2 Å². The molecule has 0 radical (unpaired) electrons. The van der Waals surface area contributed by atoms with Crippen molar-refractivity contribution >= 4 is 23.6 Å². The zero-order chi connectivity index (χ0) is 23.9. The lowest BCUT2D eigenvalue weighted by Crippen LogP contribution is -2.38. The van der Waals surface area contributed by atoms with Gasteiger partial charge in [0.25, 0.3) is 0 Å². The minimum Gasteiger partial charge on any atom is -0.435 e. The Morgan fingerprint density at radius 1 is 1.09 bits per heavy atom. The van der Waals surface area contributed by atoms with Gasteiger partial charge < -0.3 is 20.1 Å². The summed E-state index contributed by atoms with van der Waals surface area (Å²) in [6.07, 6.45) is 6.78. The lowest BCUT2D eigenvalue weighted by atomic mass is 10.1. The van der Waals surface area contributed by atoms with Crippen LogP contribution in [0.25, 0.3) is 11.3 Å². The standard InChI is InChI=1S/C25H24FN7OS/c26-21-13-17(33-35-19-6-2-1-3-7-19)8-9-23(21)34-24-20(15-28-16-30-24)22-10-12-29-25(32-22)31-18-5-4-11-27-14-18/h1-3,6-10,12-13,15-16,18,27,33H,4-5,11,14H2,(H,29,31,32). The molecule has 0 spiro atoms. The molecule has 3 N–H and O–H groups in total. The van der Waals surface area contributed by atoms with Crippen LogP contribution in [0.3, 0.4) is 0 Å². The predicted octanol–water partition coefficient (Wildman–Crippen LogP) is 5.15. The van der Waals surface area contributed by atoms with E-state index >= 15 is 0 Å². The van der Waals surface area contributed by atoms with E-state index in [1.165, 1.54) is 24.3 Å². The molecule has 10 heteroatoms. The predicted molar refractivity (Wildman–Crippen MR) is 135 cm³/mol. The zero-order valence-electron chi connectivity index (χ0n) is 18.8. The van der Waals surface area contributed by atoms with E-state index in [4.69, 9.17) is 4.74 Å². The fourth-order valence-electron chi connectivity index (χ4n) is 3.67. The normalized spacial score (nSPS) is 15.4. The molecule has 1 aliphatic rings. The van der Waals surface area contributed by atoms with E-state index in [1.54, 1.807) is 30.6 Å². The molecular weight excluding hydrogens is 465 g/mol. The first-order chi connectivity index (χ1) is 17.2. The van der Waals surface area contributed by atoms with Crippen molar-refractivity contribution in [2.75, 3.05) is 23.1 Å². The summed E-state index contributed by atoms with van der Waals surface area (Å²) < 4.78 is 23.8. The minimum absolute atomic E-state index is 0.0564. The summed E-state index contributed by atoms with van der Waals surface area (Å²) in [5.74, 6) is 0.273. The van der Waals surface area contributed by atoms with Crippen molar-refractivity contribution in [1.82, 2.24) is 25.3 Å². The van der Waals surface area contributed by atoms with E-state index in [0.717, 1.165) is 30.8 Å². The van der Waals surface area contributed by atoms with Crippen LogP contribution >= 0.6 is 11.9 Å². The van der Waals surface area contributed by atoms with Crippen LogP contribution in [0.15, 0.2) is 78.2 Å². The highest BCUT2D eigenvalue weighted by Gasteiger charge is 2.17. The van der Waals surface area contributed by atoms with Gasteiger partial charge in [-0.25, -0.2) is 24.3 Å². The van der Waals surface area contributed by atoms with E-state index in [1.807, 2.05) is 30.3 Å². The Balaban J connectivity index is 1.31. The second-order valence-corrected chi connectivity index (χ2v) is 8.84. The van der Waals surface area contributed by atoms with Gasteiger partial charge in [0, 0.05) is 41.6 Å². The van der Waals surface area contributed by atoms with Crippen molar-refractivity contribution in [1.29, 1.82) is 0 Å². The summed E-state index contributed by atoms with van der Waals surface area (Å²) in [7, 11) is 0. The van der Waals surface area contributed by atoms with Crippen LogP contribution in [-0.4, -0.2) is 39.1 Å². The number of piperidine rings is 1. The quantitative estimate of drug-likeness (QED) is 0.290. The fraction of sp³-hybridized carbons (Fsp3) is 0.200. The average molecular weight is 490 g/mol. The SMILES string of the molecule is Fc1cc(NSc2ccccc2)ccc1Oc1ncncc1-c1ccnc(NC2CCCNC2)n1. The number of nitrogens with zero attached hydrogens (tertiary/aromatic N) is 4. The van der Waals surface area contributed by atoms with Crippen LogP contribution in [0, 0.1) is 5.82 Å². The monoisotopic (exact) mass is 489 g/mol. The van der Waals surface area contributed by atoms with Gasteiger partial charge in [0.15, 0.2) is 11.6 Å². The molecule has 3 heterocycles. The molecule has 2 aromatic carbocycles. The van der Waals surface area contributed by atoms with Crippen LogP contribution in [0.4, 0.5) is 16.0 Å². The van der Waals surface area contributed by atoms with Gasteiger partial charge in [-0.15, -0.1) is 0 Å². The molecule has 1 saturated heterocycles. The summed E-state index contributed by atoms with van der Waals surface area (Å²) in [4.78, 5) is 18.3. The summed E-state index contributed by atoms with van der Waals surface area (Å²) in [5.41, 5.74) is 1.75. The number of hydrogen-bond acceptors (Lipinski definition) is 9. The van der Waals surface area contributed by atoms with E-state index in [0.29, 0.717) is 22.9 Å². The number of rotatable bonds is 8. The van der Waals surface area contributed by atoms with Gasteiger partial charge in [0.1, 0.15) is 6.33 Å². The lowest BCUT2D eigenvalue weighted by molar-refractivity contribution is 0.428. The molecule has 2 aromatic heterocycles. The van der Waals surface area contributed by atoms with Gasteiger partial charge in [-0.3, -0.25) is 0 Å². The van der Waals surface area contributed by atoms with Crippen molar-refractivity contribution in [2.24, 2.45) is 0 Å². The summed E-state index contributed by atoms with van der Waals surface area (Å²) >= 11 is 1.40. The molecule has 0 aliphatic carbocycles. The lowest BCUT2D eigenvalue weighted by Gasteiger charge is -2.23. The van der Waals surface area contributed by atoms with Gasteiger partial charge in [-0.2, -0.15) is 0 Å². The number of halogens is 1. The van der Waals surface area contributed by atoms with Crippen LogP contribution in [0.1, 0.15) is 12.8 Å². The van der Waals surface area contributed by atoms with Crippen molar-refractivity contribution in [3.05, 3.63) is 79.1 Å². The molecule has 0 saturated carbocycles. The molecule has 0 amide bonds. The molecule has 1 unspecified atom stereocenters. The summed E-state index contributed by atoms with van der Waals surface area (Å²) in [6.45, 7) is 1.89. The second-order valence-electron chi connectivity index (χ2n) is 7.96. The van der Waals surface area contributed by atoms with E-state index in [9.17, 15) is 4.39 Å². The third kappa shape index (κ3) is 6.03. The smallest absolute Gasteiger partial charge is 0.231 e. The second kappa shape index (κ2) is 11.1. The fourth-order valence-corrected chi connectivity index (χ4v) is 4.32. The number of aromatic nitrogens is 4. The van der Waals surface area contributed by atoms with Crippen molar-refractivity contribution in [3.63, 3.8) is 0 Å². The molecular formula is C25H24FN7OS. The largest absolute Gasteiger partial charge is 0.435 e. The number of ether oxygens (including phenoxy) is 1. The Bertz CT molecular complexity index is 1270. The molecule has 5 rings (SSSR count). The Morgan fingerprint density at radius 3 is 2.83 bits per heavy atom. The van der Waals surface area contributed by atoms with Crippen LogP contribution in [-0.2, 0) is 0 Å². The van der Waals surface area contributed by atoms with Crippen LogP contribution in [0.2, 0.25) is 0 Å². The summed E-state index contributed by atoms with van der Waals surface area (Å²) in [5, 5.41) is 6.73. The third-order valence-corrected chi connectivity index (χ3v) is 6.25.